The molecular weight excluding hydrogens is 244 g/mol. The molecule has 0 aliphatic carbocycles. The molecule has 0 aliphatic rings. The maximum Gasteiger partial charge on any atom is 0.292 e. The van der Waals surface area contributed by atoms with Gasteiger partial charge in [-0.2, -0.15) is 4.98 Å². The lowest BCUT2D eigenvalue weighted by atomic mass is 10.0. The molecule has 19 heavy (non-hydrogen) atoms. The van der Waals surface area contributed by atoms with Crippen LogP contribution in [0.5, 0.6) is 11.5 Å². The van der Waals surface area contributed by atoms with E-state index in [4.69, 9.17) is 19.6 Å². The molecule has 0 amide bonds. The smallest absolute Gasteiger partial charge is 0.292 e. The van der Waals surface area contributed by atoms with Crippen LogP contribution in [0.25, 0.3) is 11.3 Å². The third-order valence-electron chi connectivity index (χ3n) is 3.29. The van der Waals surface area contributed by atoms with Gasteiger partial charge in [0.25, 0.3) is 6.01 Å². The lowest BCUT2D eigenvalue weighted by Gasteiger charge is -2.15. The van der Waals surface area contributed by atoms with Crippen molar-refractivity contribution in [2.45, 2.75) is 20.8 Å². The fraction of sp³-hybridized carbons (Fsp3) is 0.357. The lowest BCUT2D eigenvalue weighted by molar-refractivity contribution is 0.399. The van der Waals surface area contributed by atoms with E-state index in [1.54, 1.807) is 14.2 Å². The zero-order valence-corrected chi connectivity index (χ0v) is 11.8. The molecular formula is C14H18N2O3. The summed E-state index contributed by atoms with van der Waals surface area (Å²) >= 11 is 0. The van der Waals surface area contributed by atoms with Gasteiger partial charge in [0, 0.05) is 5.56 Å². The van der Waals surface area contributed by atoms with Crippen LogP contribution in [0.1, 0.15) is 16.9 Å². The Labute approximate surface area is 112 Å². The number of nitrogens with two attached hydrogens (primary N) is 1. The topological polar surface area (TPSA) is 70.5 Å². The van der Waals surface area contributed by atoms with Crippen molar-refractivity contribution in [2.24, 2.45) is 0 Å². The van der Waals surface area contributed by atoms with Crippen LogP contribution in [0.2, 0.25) is 0 Å². The third kappa shape index (κ3) is 2.12. The first-order valence-corrected chi connectivity index (χ1v) is 5.95. The van der Waals surface area contributed by atoms with Gasteiger partial charge in [-0.1, -0.05) is 0 Å². The summed E-state index contributed by atoms with van der Waals surface area (Å²) < 4.78 is 16.2. The van der Waals surface area contributed by atoms with E-state index in [-0.39, 0.29) is 6.01 Å². The number of aryl methyl sites for hydroxylation is 1. The zero-order valence-electron chi connectivity index (χ0n) is 11.8. The predicted molar refractivity (Wildman–Crippen MR) is 73.7 cm³/mol. The molecule has 0 fully saturated rings. The van der Waals surface area contributed by atoms with E-state index in [1.165, 1.54) is 0 Å². The van der Waals surface area contributed by atoms with Gasteiger partial charge in [-0.05, 0) is 38.0 Å². The number of nitrogen functional groups attached to an aromatic ring is 1. The van der Waals surface area contributed by atoms with Crippen LogP contribution in [0.15, 0.2) is 10.5 Å². The van der Waals surface area contributed by atoms with Crippen molar-refractivity contribution >= 4 is 6.01 Å². The Morgan fingerprint density at radius 3 is 2.26 bits per heavy atom. The van der Waals surface area contributed by atoms with Crippen molar-refractivity contribution in [1.82, 2.24) is 4.98 Å². The van der Waals surface area contributed by atoms with E-state index in [2.05, 4.69) is 4.98 Å². The summed E-state index contributed by atoms with van der Waals surface area (Å²) in [6.07, 6.45) is 0. The number of hydrogen-bond acceptors (Lipinski definition) is 5. The highest BCUT2D eigenvalue weighted by molar-refractivity contribution is 5.74. The van der Waals surface area contributed by atoms with Crippen LogP contribution in [0, 0.1) is 20.8 Å². The molecule has 2 aromatic rings. The Morgan fingerprint density at radius 2 is 1.79 bits per heavy atom. The van der Waals surface area contributed by atoms with Crippen molar-refractivity contribution in [3.8, 4) is 22.8 Å². The molecule has 1 aromatic heterocycles. The Balaban J connectivity index is 2.75. The van der Waals surface area contributed by atoms with Crippen LogP contribution < -0.4 is 15.2 Å². The van der Waals surface area contributed by atoms with Gasteiger partial charge in [0.1, 0.15) is 23.0 Å². The molecule has 0 spiro atoms. The first kappa shape index (κ1) is 13.3. The van der Waals surface area contributed by atoms with E-state index in [1.807, 2.05) is 26.8 Å². The molecule has 1 heterocycles. The molecule has 0 unspecified atom stereocenters. The van der Waals surface area contributed by atoms with Gasteiger partial charge in [-0.3, -0.25) is 0 Å². The zero-order chi connectivity index (χ0) is 14.2. The molecule has 102 valence electrons. The van der Waals surface area contributed by atoms with E-state index in [0.29, 0.717) is 11.5 Å². The Hall–Kier alpha value is -2.17. The van der Waals surface area contributed by atoms with Gasteiger partial charge >= 0.3 is 0 Å². The van der Waals surface area contributed by atoms with Gasteiger partial charge in [-0.15, -0.1) is 0 Å². The monoisotopic (exact) mass is 262 g/mol. The minimum Gasteiger partial charge on any atom is -0.496 e. The normalized spacial score (nSPS) is 10.6. The SMILES string of the molecule is COc1cc(-c2nc(N)oc2C)c(OC)c(C)c1C. The number of rotatable bonds is 3. The lowest BCUT2D eigenvalue weighted by Crippen LogP contribution is -1.98. The van der Waals surface area contributed by atoms with Crippen LogP contribution in [-0.2, 0) is 0 Å². The molecule has 2 rings (SSSR count). The number of nitrogens with zero attached hydrogens (tertiary/aromatic N) is 1. The maximum absolute atomic E-state index is 5.60. The van der Waals surface area contributed by atoms with E-state index >= 15 is 0 Å². The van der Waals surface area contributed by atoms with Crippen LogP contribution >= 0.6 is 0 Å². The Kier molecular flexibility index (Phi) is 3.38. The molecule has 0 saturated carbocycles. The number of benzene rings is 1. The highest BCUT2D eigenvalue weighted by Gasteiger charge is 2.19. The second-order valence-corrected chi connectivity index (χ2v) is 4.37. The standard InChI is InChI=1S/C14H18N2O3/c1-7-8(2)13(18-5)10(6-11(7)17-4)12-9(3)19-14(15)16-12/h6H,1-5H3,(H2,15,16). The minimum atomic E-state index is 0.145. The van der Waals surface area contributed by atoms with Gasteiger partial charge in [0.15, 0.2) is 0 Å². The summed E-state index contributed by atoms with van der Waals surface area (Å²) in [6.45, 7) is 5.79. The van der Waals surface area contributed by atoms with Gasteiger partial charge in [-0.25, -0.2) is 0 Å². The molecule has 0 aliphatic heterocycles. The second-order valence-electron chi connectivity index (χ2n) is 4.37. The first-order valence-electron chi connectivity index (χ1n) is 5.95. The summed E-state index contributed by atoms with van der Waals surface area (Å²) in [7, 11) is 3.28. The quantitative estimate of drug-likeness (QED) is 0.921. The molecule has 5 nitrogen and oxygen atoms in total. The van der Waals surface area contributed by atoms with Gasteiger partial charge < -0.3 is 19.6 Å². The highest BCUT2D eigenvalue weighted by atomic mass is 16.5. The fourth-order valence-corrected chi connectivity index (χ4v) is 2.18. The maximum atomic E-state index is 5.60. The van der Waals surface area contributed by atoms with Crippen molar-refractivity contribution in [1.29, 1.82) is 0 Å². The number of ether oxygens (including phenoxy) is 2. The summed E-state index contributed by atoms with van der Waals surface area (Å²) in [4.78, 5) is 4.21. The van der Waals surface area contributed by atoms with Crippen molar-refractivity contribution in [3.63, 3.8) is 0 Å². The average Bonchev–Trinajstić information content (AvgIpc) is 2.71. The number of methoxy groups -OCH3 is 2. The van der Waals surface area contributed by atoms with Gasteiger partial charge in [0.2, 0.25) is 0 Å². The summed E-state index contributed by atoms with van der Waals surface area (Å²) in [6, 6.07) is 2.04. The molecule has 0 bridgehead atoms. The Bertz CT molecular complexity index is 618. The minimum absolute atomic E-state index is 0.145. The summed E-state index contributed by atoms with van der Waals surface area (Å²) in [5, 5.41) is 0. The number of hydrogen-bond donors (Lipinski definition) is 1. The van der Waals surface area contributed by atoms with E-state index < -0.39 is 0 Å². The van der Waals surface area contributed by atoms with Gasteiger partial charge in [0.05, 0.1) is 14.2 Å². The first-order chi connectivity index (χ1) is 8.99. The van der Waals surface area contributed by atoms with Crippen molar-refractivity contribution in [2.75, 3.05) is 20.0 Å². The summed E-state index contributed by atoms with van der Waals surface area (Å²) in [5.74, 6) is 2.20. The largest absolute Gasteiger partial charge is 0.496 e. The molecule has 0 radical (unpaired) electrons. The third-order valence-corrected chi connectivity index (χ3v) is 3.29. The van der Waals surface area contributed by atoms with E-state index in [9.17, 15) is 0 Å². The molecule has 5 heteroatoms. The predicted octanol–water partition coefficient (Wildman–Crippen LogP) is 2.87. The second kappa shape index (κ2) is 4.84. The summed E-state index contributed by atoms with van der Waals surface area (Å²) in [5.41, 5.74) is 9.14. The van der Waals surface area contributed by atoms with Crippen LogP contribution in [-0.4, -0.2) is 19.2 Å². The molecule has 1 aromatic carbocycles. The van der Waals surface area contributed by atoms with Crippen molar-refractivity contribution in [3.05, 3.63) is 23.0 Å². The van der Waals surface area contributed by atoms with Crippen LogP contribution in [0.3, 0.4) is 0 Å². The molecule has 2 N–H and O–H groups in total. The number of aromatic nitrogens is 1. The highest BCUT2D eigenvalue weighted by Crippen LogP contribution is 2.40. The van der Waals surface area contributed by atoms with E-state index in [0.717, 1.165) is 28.2 Å². The number of oxazole rings is 1. The van der Waals surface area contributed by atoms with Crippen molar-refractivity contribution < 1.29 is 13.9 Å². The molecule has 0 saturated heterocycles. The molecule has 0 atom stereocenters. The Morgan fingerprint density at radius 1 is 1.11 bits per heavy atom. The number of anilines is 1. The fourth-order valence-electron chi connectivity index (χ4n) is 2.18. The van der Waals surface area contributed by atoms with Crippen LogP contribution in [0.4, 0.5) is 6.01 Å². The average molecular weight is 262 g/mol.